The fourth-order valence-electron chi connectivity index (χ4n) is 3.91. The van der Waals surface area contributed by atoms with Crippen molar-refractivity contribution in [2.75, 3.05) is 4.90 Å². The Morgan fingerprint density at radius 1 is 1.03 bits per heavy atom. The molecule has 0 spiro atoms. The highest BCUT2D eigenvalue weighted by atomic mass is 32.1. The van der Waals surface area contributed by atoms with E-state index in [9.17, 15) is 23.5 Å². The molecule has 1 unspecified atom stereocenters. The van der Waals surface area contributed by atoms with Gasteiger partial charge in [-0.3, -0.25) is 14.5 Å². The number of thiazole rings is 1. The van der Waals surface area contributed by atoms with Gasteiger partial charge in [-0.2, -0.15) is 0 Å². The zero-order valence-electron chi connectivity index (χ0n) is 17.3. The molecule has 0 bridgehead atoms. The summed E-state index contributed by atoms with van der Waals surface area (Å²) >= 11 is 1.20. The SMILES string of the molecule is Cc1ccc2nc(N3C(=O)C(=O)/C(=C(/O)c4ccc(F)cc4)C3c3ccccc3F)sc2c1. The van der Waals surface area contributed by atoms with Crippen molar-refractivity contribution in [1.82, 2.24) is 4.98 Å². The number of ketones is 1. The van der Waals surface area contributed by atoms with Crippen LogP contribution in [0.25, 0.3) is 16.0 Å². The number of nitrogens with zero attached hydrogens (tertiary/aromatic N) is 2. The molecule has 5 nitrogen and oxygen atoms in total. The number of hydrogen-bond acceptors (Lipinski definition) is 5. The minimum Gasteiger partial charge on any atom is -0.507 e. The lowest BCUT2D eigenvalue weighted by Gasteiger charge is -2.23. The zero-order valence-corrected chi connectivity index (χ0v) is 18.1. The minimum atomic E-state index is -1.24. The van der Waals surface area contributed by atoms with Gasteiger partial charge in [-0.05, 0) is 55.0 Å². The molecule has 8 heteroatoms. The summed E-state index contributed by atoms with van der Waals surface area (Å²) in [7, 11) is 0. The van der Waals surface area contributed by atoms with E-state index in [1.807, 2.05) is 19.1 Å². The van der Waals surface area contributed by atoms with E-state index in [4.69, 9.17) is 0 Å². The van der Waals surface area contributed by atoms with E-state index in [2.05, 4.69) is 4.98 Å². The number of carbonyl (C=O) groups is 2. The lowest BCUT2D eigenvalue weighted by Crippen LogP contribution is -2.29. The molecule has 4 aromatic rings. The van der Waals surface area contributed by atoms with Crippen LogP contribution in [0.1, 0.15) is 22.7 Å². The molecule has 164 valence electrons. The number of fused-ring (bicyclic) bond motifs is 1. The molecule has 1 fully saturated rings. The van der Waals surface area contributed by atoms with Crippen LogP contribution in [0.4, 0.5) is 13.9 Å². The third-order valence-electron chi connectivity index (χ3n) is 5.50. The van der Waals surface area contributed by atoms with Crippen molar-refractivity contribution in [3.8, 4) is 0 Å². The van der Waals surface area contributed by atoms with E-state index >= 15 is 0 Å². The maximum Gasteiger partial charge on any atom is 0.301 e. The number of aryl methyl sites for hydroxylation is 1. The fraction of sp³-hybridized carbons (Fsp3) is 0.0800. The predicted molar refractivity (Wildman–Crippen MR) is 122 cm³/mol. The third-order valence-corrected chi connectivity index (χ3v) is 6.52. The van der Waals surface area contributed by atoms with Crippen LogP contribution in [0.15, 0.2) is 72.3 Å². The molecule has 0 saturated carbocycles. The third kappa shape index (κ3) is 3.48. The lowest BCUT2D eigenvalue weighted by molar-refractivity contribution is -0.132. The lowest BCUT2D eigenvalue weighted by atomic mass is 9.95. The number of Topliss-reactive ketones (excluding diaryl/α,β-unsaturated/α-hetero) is 1. The van der Waals surface area contributed by atoms with Crippen molar-refractivity contribution in [2.45, 2.75) is 13.0 Å². The predicted octanol–water partition coefficient (Wildman–Crippen LogP) is 5.51. The summed E-state index contributed by atoms with van der Waals surface area (Å²) in [5, 5.41) is 11.2. The smallest absolute Gasteiger partial charge is 0.301 e. The van der Waals surface area contributed by atoms with Crippen LogP contribution in [0.3, 0.4) is 0 Å². The maximum absolute atomic E-state index is 14.9. The molecule has 1 amide bonds. The van der Waals surface area contributed by atoms with Crippen molar-refractivity contribution in [3.63, 3.8) is 0 Å². The number of halogens is 2. The number of rotatable bonds is 3. The molecule has 33 heavy (non-hydrogen) atoms. The summed E-state index contributed by atoms with van der Waals surface area (Å²) in [5.74, 6) is -3.58. The molecule has 2 heterocycles. The van der Waals surface area contributed by atoms with Gasteiger partial charge in [-0.1, -0.05) is 35.6 Å². The summed E-state index contributed by atoms with van der Waals surface area (Å²) in [5.41, 5.74) is 1.52. The molecule has 1 aliphatic heterocycles. The molecule has 0 radical (unpaired) electrons. The molecular weight excluding hydrogens is 446 g/mol. The van der Waals surface area contributed by atoms with Crippen molar-refractivity contribution in [3.05, 3.63) is 101 Å². The number of benzene rings is 3. The first kappa shape index (κ1) is 21.0. The van der Waals surface area contributed by atoms with Crippen LogP contribution in [0, 0.1) is 18.6 Å². The molecule has 1 saturated heterocycles. The highest BCUT2D eigenvalue weighted by Gasteiger charge is 2.49. The van der Waals surface area contributed by atoms with Crippen molar-refractivity contribution in [1.29, 1.82) is 0 Å². The topological polar surface area (TPSA) is 70.5 Å². The molecule has 3 aromatic carbocycles. The number of anilines is 1. The molecule has 1 aromatic heterocycles. The van der Waals surface area contributed by atoms with Crippen LogP contribution >= 0.6 is 11.3 Å². The van der Waals surface area contributed by atoms with E-state index < -0.39 is 35.1 Å². The summed E-state index contributed by atoms with van der Waals surface area (Å²) in [6.07, 6.45) is 0. The Morgan fingerprint density at radius 2 is 1.76 bits per heavy atom. The molecule has 5 rings (SSSR count). The molecule has 1 N–H and O–H groups in total. The van der Waals surface area contributed by atoms with Gasteiger partial charge in [0.1, 0.15) is 23.4 Å². The highest BCUT2D eigenvalue weighted by molar-refractivity contribution is 7.22. The number of hydrogen-bond donors (Lipinski definition) is 1. The van der Waals surface area contributed by atoms with Crippen molar-refractivity contribution in [2.24, 2.45) is 0 Å². The van der Waals surface area contributed by atoms with Gasteiger partial charge in [-0.15, -0.1) is 0 Å². The Labute approximate surface area is 191 Å². The van der Waals surface area contributed by atoms with Gasteiger partial charge in [-0.25, -0.2) is 13.8 Å². The maximum atomic E-state index is 14.9. The second kappa shape index (κ2) is 7.90. The molecule has 1 atom stereocenters. The standard InChI is InChI=1S/C25H16F2N2O3S/c1-13-6-11-18-19(12-13)33-25(28-18)29-21(16-4-2-3-5-17(16)27)20(23(31)24(29)32)22(30)14-7-9-15(26)10-8-14/h2-12,21,30H,1H3/b22-20+. The summed E-state index contributed by atoms with van der Waals surface area (Å²) in [6.45, 7) is 1.92. The van der Waals surface area contributed by atoms with Crippen LogP contribution < -0.4 is 4.90 Å². The first-order valence-electron chi connectivity index (χ1n) is 10.0. The fourth-order valence-corrected chi connectivity index (χ4v) is 5.00. The second-order valence-electron chi connectivity index (χ2n) is 7.67. The Hall–Kier alpha value is -3.91. The Morgan fingerprint density at radius 3 is 2.48 bits per heavy atom. The van der Waals surface area contributed by atoms with Gasteiger partial charge >= 0.3 is 5.91 Å². The normalized spacial score (nSPS) is 17.8. The number of carbonyl (C=O) groups excluding carboxylic acids is 2. The van der Waals surface area contributed by atoms with Gasteiger partial charge in [0, 0.05) is 11.1 Å². The van der Waals surface area contributed by atoms with Crippen LogP contribution in [-0.2, 0) is 9.59 Å². The summed E-state index contributed by atoms with van der Waals surface area (Å²) in [6, 6.07) is 14.9. The molecule has 0 aliphatic carbocycles. The van der Waals surface area contributed by atoms with Crippen LogP contribution in [-0.4, -0.2) is 21.8 Å². The van der Waals surface area contributed by atoms with Gasteiger partial charge in [0.2, 0.25) is 0 Å². The Bertz CT molecular complexity index is 1460. The Kier molecular flexibility index (Phi) is 5.02. The second-order valence-corrected chi connectivity index (χ2v) is 8.67. The quantitative estimate of drug-likeness (QED) is 0.248. The van der Waals surface area contributed by atoms with Gasteiger partial charge < -0.3 is 5.11 Å². The number of amides is 1. The average Bonchev–Trinajstić information content (AvgIpc) is 3.32. The largest absolute Gasteiger partial charge is 0.507 e. The van der Waals surface area contributed by atoms with E-state index in [0.29, 0.717) is 5.52 Å². The minimum absolute atomic E-state index is 0.0378. The van der Waals surface area contributed by atoms with Gasteiger partial charge in [0.05, 0.1) is 15.8 Å². The highest BCUT2D eigenvalue weighted by Crippen LogP contribution is 2.44. The first-order chi connectivity index (χ1) is 15.8. The van der Waals surface area contributed by atoms with E-state index in [0.717, 1.165) is 27.3 Å². The van der Waals surface area contributed by atoms with Gasteiger partial charge in [0.15, 0.2) is 5.13 Å². The van der Waals surface area contributed by atoms with E-state index in [-0.39, 0.29) is 21.8 Å². The van der Waals surface area contributed by atoms with Gasteiger partial charge in [0.25, 0.3) is 5.78 Å². The number of aromatic nitrogens is 1. The van der Waals surface area contributed by atoms with Crippen molar-refractivity contribution >= 4 is 44.1 Å². The number of aliphatic hydroxyl groups excluding tert-OH is 1. The zero-order chi connectivity index (χ0) is 23.3. The summed E-state index contributed by atoms with van der Waals surface area (Å²) in [4.78, 5) is 31.9. The van der Waals surface area contributed by atoms with Crippen LogP contribution in [0.2, 0.25) is 0 Å². The molecular formula is C25H16F2N2O3S. The van der Waals surface area contributed by atoms with Crippen LogP contribution in [0.5, 0.6) is 0 Å². The monoisotopic (exact) mass is 462 g/mol. The molecule has 1 aliphatic rings. The Balaban J connectivity index is 1.75. The summed E-state index contributed by atoms with van der Waals surface area (Å²) < 4.78 is 29.1. The van der Waals surface area contributed by atoms with Crippen molar-refractivity contribution < 1.29 is 23.5 Å². The average molecular weight is 462 g/mol. The van der Waals surface area contributed by atoms with E-state index in [1.165, 1.54) is 41.7 Å². The number of aliphatic hydroxyl groups is 1. The first-order valence-corrected chi connectivity index (χ1v) is 10.9. The van der Waals surface area contributed by atoms with E-state index in [1.54, 1.807) is 12.1 Å².